The Kier molecular flexibility index (Phi) is 4.58. The van der Waals surface area contributed by atoms with Crippen LogP contribution in [0.2, 0.25) is 0 Å². The van der Waals surface area contributed by atoms with E-state index in [1.165, 1.54) is 12.4 Å². The molecule has 0 atom stereocenters. The molecule has 0 unspecified atom stereocenters. The molecule has 0 saturated carbocycles. The number of nitrogens with zero attached hydrogens (tertiary/aromatic N) is 5. The zero-order valence-corrected chi connectivity index (χ0v) is 12.8. The summed E-state index contributed by atoms with van der Waals surface area (Å²) in [5, 5.41) is 3.65. The van der Waals surface area contributed by atoms with E-state index in [2.05, 4.69) is 15.1 Å². The van der Waals surface area contributed by atoms with Crippen LogP contribution in [0.15, 0.2) is 42.2 Å². The Labute approximate surface area is 125 Å². The van der Waals surface area contributed by atoms with Gasteiger partial charge in [0.1, 0.15) is 0 Å². The van der Waals surface area contributed by atoms with E-state index in [1.807, 2.05) is 6.92 Å². The van der Waals surface area contributed by atoms with Crippen LogP contribution in [0.4, 0.5) is 3.89 Å². The number of imidazole rings is 1. The summed E-state index contributed by atoms with van der Waals surface area (Å²) in [6.45, 7) is 1.86. The second-order valence-electron chi connectivity index (χ2n) is 4.15. The molecule has 0 saturated heterocycles. The standard InChI is InChI=1S/C7H7N3O2S.C4H5FN2S/c1-13(11,12)7-6-8-2-4-10(6)5-3-9-7;1-4-2-6-7(3-4)8-5/h2-5H,1H3;2-3H,1H3. The van der Waals surface area contributed by atoms with E-state index < -0.39 is 9.84 Å². The molecule has 0 aliphatic carbocycles. The highest BCUT2D eigenvalue weighted by molar-refractivity contribution is 7.92. The first-order chi connectivity index (χ1) is 9.91. The smallest absolute Gasteiger partial charge is 0.198 e. The molecule has 10 heteroatoms. The minimum absolute atomic E-state index is 0.0139. The second-order valence-corrected chi connectivity index (χ2v) is 6.60. The monoisotopic (exact) mass is 329 g/mol. The highest BCUT2D eigenvalue weighted by Crippen LogP contribution is 2.10. The van der Waals surface area contributed by atoms with Gasteiger partial charge in [-0.3, -0.25) is 0 Å². The Balaban J connectivity index is 0.000000173. The first-order valence-electron chi connectivity index (χ1n) is 5.70. The molecule has 112 valence electrons. The van der Waals surface area contributed by atoms with E-state index in [1.54, 1.807) is 29.2 Å². The van der Waals surface area contributed by atoms with E-state index in [9.17, 15) is 12.3 Å². The lowest BCUT2D eigenvalue weighted by molar-refractivity contribution is 0.598. The minimum atomic E-state index is -3.29. The number of aromatic nitrogens is 5. The molecule has 21 heavy (non-hydrogen) atoms. The predicted octanol–water partition coefficient (Wildman–Crippen LogP) is 1.71. The van der Waals surface area contributed by atoms with Crippen LogP contribution in [0.3, 0.4) is 0 Å². The zero-order chi connectivity index (χ0) is 15.5. The number of fused-ring (bicyclic) bond motifs is 1. The average Bonchev–Trinajstić information content (AvgIpc) is 3.05. The average molecular weight is 329 g/mol. The quantitative estimate of drug-likeness (QED) is 0.712. The van der Waals surface area contributed by atoms with Gasteiger partial charge in [-0.15, -0.1) is 3.89 Å². The van der Waals surface area contributed by atoms with Crippen molar-refractivity contribution in [1.29, 1.82) is 0 Å². The van der Waals surface area contributed by atoms with Gasteiger partial charge < -0.3 is 4.40 Å². The van der Waals surface area contributed by atoms with Crippen LogP contribution >= 0.6 is 12.3 Å². The van der Waals surface area contributed by atoms with Gasteiger partial charge in [0.05, 0.1) is 6.20 Å². The molecule has 3 aromatic rings. The molecular formula is C11H12FN5O2S2. The van der Waals surface area contributed by atoms with Gasteiger partial charge >= 0.3 is 0 Å². The Morgan fingerprint density at radius 2 is 1.90 bits per heavy atom. The van der Waals surface area contributed by atoms with Gasteiger partial charge in [-0.1, -0.05) is 0 Å². The van der Waals surface area contributed by atoms with Crippen LogP contribution in [-0.2, 0) is 9.84 Å². The van der Waals surface area contributed by atoms with Crippen LogP contribution in [0.1, 0.15) is 5.56 Å². The fourth-order valence-corrected chi connectivity index (χ4v) is 2.55. The maximum absolute atomic E-state index is 11.6. The van der Waals surface area contributed by atoms with Crippen molar-refractivity contribution in [2.45, 2.75) is 11.9 Å². The Hall–Kier alpha value is -1.94. The van der Waals surface area contributed by atoms with E-state index in [4.69, 9.17) is 0 Å². The molecule has 0 bridgehead atoms. The van der Waals surface area contributed by atoms with E-state index in [-0.39, 0.29) is 17.4 Å². The SMILES string of the molecule is CS(=O)(=O)c1nccn2ccnc12.Cc1cnn(SF)c1. The van der Waals surface area contributed by atoms with Crippen LogP contribution < -0.4 is 0 Å². The largest absolute Gasteiger partial charge is 0.303 e. The summed E-state index contributed by atoms with van der Waals surface area (Å²) in [6.07, 6.45) is 10.6. The molecule has 0 N–H and O–H groups in total. The summed E-state index contributed by atoms with van der Waals surface area (Å²) in [5.41, 5.74) is 1.33. The number of hydrogen-bond donors (Lipinski definition) is 0. The van der Waals surface area contributed by atoms with E-state index in [0.717, 1.165) is 15.9 Å². The molecule has 0 fully saturated rings. The molecule has 0 amide bonds. The van der Waals surface area contributed by atoms with Crippen molar-refractivity contribution in [2.24, 2.45) is 0 Å². The molecule has 3 heterocycles. The van der Waals surface area contributed by atoms with Gasteiger partial charge in [-0.2, -0.15) is 9.19 Å². The summed E-state index contributed by atoms with van der Waals surface area (Å²) < 4.78 is 36.8. The Morgan fingerprint density at radius 3 is 2.38 bits per heavy atom. The molecule has 0 aromatic carbocycles. The molecule has 0 aliphatic rings. The lowest BCUT2D eigenvalue weighted by atomic mass is 10.4. The van der Waals surface area contributed by atoms with Crippen molar-refractivity contribution in [3.8, 4) is 0 Å². The van der Waals surface area contributed by atoms with Gasteiger partial charge in [0.2, 0.25) is 0 Å². The van der Waals surface area contributed by atoms with Gasteiger partial charge in [-0.25, -0.2) is 18.4 Å². The lowest BCUT2D eigenvalue weighted by Crippen LogP contribution is -2.03. The van der Waals surface area contributed by atoms with Gasteiger partial charge in [0.25, 0.3) is 0 Å². The van der Waals surface area contributed by atoms with E-state index >= 15 is 0 Å². The molecule has 0 spiro atoms. The van der Waals surface area contributed by atoms with Crippen molar-refractivity contribution in [1.82, 2.24) is 23.6 Å². The normalized spacial score (nSPS) is 11.2. The third kappa shape index (κ3) is 3.79. The summed E-state index contributed by atoms with van der Waals surface area (Å²) in [7, 11) is -3.29. The van der Waals surface area contributed by atoms with Crippen LogP contribution in [-0.4, -0.2) is 38.2 Å². The molecule has 3 aromatic heterocycles. The van der Waals surface area contributed by atoms with Crippen LogP contribution in [0, 0.1) is 6.92 Å². The third-order valence-corrected chi connectivity index (χ3v) is 3.72. The van der Waals surface area contributed by atoms with E-state index in [0.29, 0.717) is 5.65 Å². The molecule has 7 nitrogen and oxygen atoms in total. The molecule has 0 radical (unpaired) electrons. The number of hydrogen-bond acceptors (Lipinski definition) is 6. The predicted molar refractivity (Wildman–Crippen MR) is 77.2 cm³/mol. The number of rotatable bonds is 2. The van der Waals surface area contributed by atoms with Gasteiger partial charge in [-0.05, 0) is 12.5 Å². The molecular weight excluding hydrogens is 317 g/mol. The Bertz CT molecular complexity index is 843. The molecule has 0 aliphatic heterocycles. The topological polar surface area (TPSA) is 82.2 Å². The van der Waals surface area contributed by atoms with Crippen molar-refractivity contribution < 1.29 is 12.3 Å². The minimum Gasteiger partial charge on any atom is -0.303 e. The fourth-order valence-electron chi connectivity index (χ4n) is 1.52. The second kappa shape index (κ2) is 6.22. The van der Waals surface area contributed by atoms with Gasteiger partial charge in [0.15, 0.2) is 32.8 Å². The van der Waals surface area contributed by atoms with Gasteiger partial charge in [0, 0.05) is 37.2 Å². The highest BCUT2D eigenvalue weighted by atomic mass is 32.2. The summed E-state index contributed by atoms with van der Waals surface area (Å²) in [6, 6.07) is 0. The number of sulfone groups is 1. The molecule has 3 rings (SSSR count). The van der Waals surface area contributed by atoms with Crippen molar-refractivity contribution in [3.63, 3.8) is 0 Å². The maximum atomic E-state index is 11.6. The van der Waals surface area contributed by atoms with Crippen molar-refractivity contribution in [2.75, 3.05) is 6.26 Å². The van der Waals surface area contributed by atoms with Crippen LogP contribution in [0.25, 0.3) is 5.65 Å². The van der Waals surface area contributed by atoms with Crippen molar-refractivity contribution >= 4 is 27.8 Å². The fraction of sp³-hybridized carbons (Fsp3) is 0.182. The highest BCUT2D eigenvalue weighted by Gasteiger charge is 2.14. The first-order valence-corrected chi connectivity index (χ1v) is 8.26. The summed E-state index contributed by atoms with van der Waals surface area (Å²) >= 11 is 0.0952. The zero-order valence-electron chi connectivity index (χ0n) is 11.2. The van der Waals surface area contributed by atoms with Crippen molar-refractivity contribution in [3.05, 3.63) is 42.7 Å². The van der Waals surface area contributed by atoms with Crippen LogP contribution in [0.5, 0.6) is 0 Å². The first kappa shape index (κ1) is 15.4. The lowest BCUT2D eigenvalue weighted by Gasteiger charge is -1.98. The number of aryl methyl sites for hydroxylation is 1. The Morgan fingerprint density at radius 1 is 1.24 bits per heavy atom. The summed E-state index contributed by atoms with van der Waals surface area (Å²) in [4.78, 5) is 7.69. The third-order valence-electron chi connectivity index (χ3n) is 2.39. The maximum Gasteiger partial charge on any atom is 0.198 e. The number of halogens is 1. The summed E-state index contributed by atoms with van der Waals surface area (Å²) in [5.74, 6) is 0.